The summed E-state index contributed by atoms with van der Waals surface area (Å²) in [6, 6.07) is 16.6. The van der Waals surface area contributed by atoms with Gasteiger partial charge in [-0.05, 0) is 60.8 Å². The minimum absolute atomic E-state index is 0.0235. The van der Waals surface area contributed by atoms with Gasteiger partial charge in [-0.25, -0.2) is 0 Å². The Kier molecular flexibility index (Phi) is 9.96. The second kappa shape index (κ2) is 12.4. The highest BCUT2D eigenvalue weighted by molar-refractivity contribution is 5.84. The first-order valence-corrected chi connectivity index (χ1v) is 11.9. The summed E-state index contributed by atoms with van der Waals surface area (Å²) in [6.07, 6.45) is 2.09. The zero-order valence-electron chi connectivity index (χ0n) is 20.6. The van der Waals surface area contributed by atoms with Gasteiger partial charge in [0.15, 0.2) is 0 Å². The number of nitrogens with one attached hydrogen (secondary N) is 2. The molecule has 2 aromatic rings. The molecule has 0 heterocycles. The SMILES string of the molecule is CC(C)Cc1ccc([C@@H](C)C(=O)NCCNC(=O)[C@H](C)c2ccc(CC(C)C)cc2)cc1. The Morgan fingerprint density at radius 1 is 0.594 bits per heavy atom. The molecule has 0 unspecified atom stereocenters. The summed E-state index contributed by atoms with van der Waals surface area (Å²) < 4.78 is 0. The van der Waals surface area contributed by atoms with Crippen LogP contribution in [0.4, 0.5) is 0 Å². The number of hydrogen-bond donors (Lipinski definition) is 2. The van der Waals surface area contributed by atoms with Gasteiger partial charge < -0.3 is 10.6 Å². The largest absolute Gasteiger partial charge is 0.354 e. The molecule has 0 bridgehead atoms. The van der Waals surface area contributed by atoms with Crippen molar-refractivity contribution >= 4 is 11.8 Å². The standard InChI is InChI=1S/C28H40N2O2/c1-19(2)17-23-7-11-25(12-8-23)21(5)27(31)29-15-16-30-28(32)22(6)26-13-9-24(10-14-26)18-20(3)4/h7-14,19-22H,15-18H2,1-6H3,(H,29,31)(H,30,32)/t21-,22-/m1/s1. The highest BCUT2D eigenvalue weighted by atomic mass is 16.2. The Balaban J connectivity index is 1.75. The van der Waals surface area contributed by atoms with Crippen LogP contribution in [0.1, 0.15) is 75.6 Å². The molecule has 0 saturated heterocycles. The van der Waals surface area contributed by atoms with E-state index in [1.165, 1.54) is 11.1 Å². The summed E-state index contributed by atoms with van der Waals surface area (Å²) in [5, 5.41) is 5.87. The summed E-state index contributed by atoms with van der Waals surface area (Å²) in [7, 11) is 0. The minimum atomic E-state index is -0.220. The smallest absolute Gasteiger partial charge is 0.227 e. The van der Waals surface area contributed by atoms with Gasteiger partial charge in [-0.2, -0.15) is 0 Å². The topological polar surface area (TPSA) is 58.2 Å². The molecule has 0 aromatic heterocycles. The van der Waals surface area contributed by atoms with Gasteiger partial charge in [-0.1, -0.05) is 76.2 Å². The first-order valence-electron chi connectivity index (χ1n) is 11.9. The van der Waals surface area contributed by atoms with Crippen LogP contribution in [0.25, 0.3) is 0 Å². The zero-order chi connectivity index (χ0) is 23.7. The highest BCUT2D eigenvalue weighted by Gasteiger charge is 2.17. The van der Waals surface area contributed by atoms with Crippen molar-refractivity contribution in [3.05, 3.63) is 70.8 Å². The molecule has 2 amide bonds. The van der Waals surface area contributed by atoms with E-state index < -0.39 is 0 Å². The average molecular weight is 437 g/mol. The van der Waals surface area contributed by atoms with Crippen molar-refractivity contribution in [2.75, 3.05) is 13.1 Å². The van der Waals surface area contributed by atoms with Crippen molar-refractivity contribution in [1.29, 1.82) is 0 Å². The van der Waals surface area contributed by atoms with E-state index >= 15 is 0 Å². The molecule has 0 spiro atoms. The first kappa shape index (κ1) is 25.6. The zero-order valence-corrected chi connectivity index (χ0v) is 20.6. The van der Waals surface area contributed by atoms with E-state index in [-0.39, 0.29) is 23.7 Å². The molecule has 0 saturated carbocycles. The third-order valence-electron chi connectivity index (χ3n) is 5.76. The predicted molar refractivity (Wildman–Crippen MR) is 133 cm³/mol. The number of benzene rings is 2. The summed E-state index contributed by atoms with van der Waals surface area (Å²) in [6.45, 7) is 13.5. The fourth-order valence-electron chi connectivity index (χ4n) is 3.81. The Morgan fingerprint density at radius 3 is 1.19 bits per heavy atom. The van der Waals surface area contributed by atoms with E-state index in [1.54, 1.807) is 0 Å². The third-order valence-corrected chi connectivity index (χ3v) is 5.76. The van der Waals surface area contributed by atoms with Crippen LogP contribution in [0.2, 0.25) is 0 Å². The molecule has 174 valence electrons. The second-order valence-electron chi connectivity index (χ2n) is 9.70. The molecule has 4 heteroatoms. The van der Waals surface area contributed by atoms with Crippen molar-refractivity contribution < 1.29 is 9.59 Å². The van der Waals surface area contributed by atoms with Crippen molar-refractivity contribution in [3.63, 3.8) is 0 Å². The number of carbonyl (C=O) groups excluding carboxylic acids is 2. The first-order chi connectivity index (χ1) is 15.2. The maximum absolute atomic E-state index is 12.5. The van der Waals surface area contributed by atoms with Crippen LogP contribution >= 0.6 is 0 Å². The molecule has 2 N–H and O–H groups in total. The second-order valence-corrected chi connectivity index (χ2v) is 9.70. The van der Waals surface area contributed by atoms with Crippen molar-refractivity contribution in [2.45, 2.75) is 66.2 Å². The minimum Gasteiger partial charge on any atom is -0.354 e. The summed E-state index contributed by atoms with van der Waals surface area (Å²) >= 11 is 0. The maximum atomic E-state index is 12.5. The van der Waals surface area contributed by atoms with E-state index in [1.807, 2.05) is 38.1 Å². The van der Waals surface area contributed by atoms with Crippen LogP contribution in [-0.4, -0.2) is 24.9 Å². The van der Waals surface area contributed by atoms with E-state index in [4.69, 9.17) is 0 Å². The lowest BCUT2D eigenvalue weighted by molar-refractivity contribution is -0.124. The average Bonchev–Trinajstić information content (AvgIpc) is 2.75. The Hall–Kier alpha value is -2.62. The number of amides is 2. The lowest BCUT2D eigenvalue weighted by Crippen LogP contribution is -2.37. The monoisotopic (exact) mass is 436 g/mol. The van der Waals surface area contributed by atoms with Gasteiger partial charge in [-0.15, -0.1) is 0 Å². The van der Waals surface area contributed by atoms with E-state index in [9.17, 15) is 9.59 Å². The lowest BCUT2D eigenvalue weighted by Gasteiger charge is -2.16. The number of carbonyl (C=O) groups is 2. The van der Waals surface area contributed by atoms with Crippen LogP contribution in [0.15, 0.2) is 48.5 Å². The maximum Gasteiger partial charge on any atom is 0.227 e. The van der Waals surface area contributed by atoms with Gasteiger partial charge in [0.25, 0.3) is 0 Å². The molecule has 0 aliphatic rings. The summed E-state index contributed by atoms with van der Waals surface area (Å²) in [5.41, 5.74) is 4.60. The van der Waals surface area contributed by atoms with Gasteiger partial charge in [0, 0.05) is 13.1 Å². The van der Waals surface area contributed by atoms with Gasteiger partial charge in [0.1, 0.15) is 0 Å². The molecule has 4 nitrogen and oxygen atoms in total. The molecule has 0 aliphatic heterocycles. The van der Waals surface area contributed by atoms with Gasteiger partial charge in [0.2, 0.25) is 11.8 Å². The normalized spacial score (nSPS) is 13.1. The fraction of sp³-hybridized carbons (Fsp3) is 0.500. The summed E-state index contributed by atoms with van der Waals surface area (Å²) in [4.78, 5) is 25.0. The molecule has 32 heavy (non-hydrogen) atoms. The molecule has 2 atom stereocenters. The van der Waals surface area contributed by atoms with Crippen molar-refractivity contribution in [2.24, 2.45) is 11.8 Å². The summed E-state index contributed by atoms with van der Waals surface area (Å²) in [5.74, 6) is 0.742. The van der Waals surface area contributed by atoms with Crippen LogP contribution in [0.3, 0.4) is 0 Å². The van der Waals surface area contributed by atoms with Gasteiger partial charge >= 0.3 is 0 Å². The quantitative estimate of drug-likeness (QED) is 0.474. The van der Waals surface area contributed by atoms with Crippen molar-refractivity contribution in [3.8, 4) is 0 Å². The molecular formula is C28H40N2O2. The molecular weight excluding hydrogens is 396 g/mol. The van der Waals surface area contributed by atoms with E-state index in [0.717, 1.165) is 24.0 Å². The van der Waals surface area contributed by atoms with Crippen LogP contribution in [0, 0.1) is 11.8 Å². The Bertz CT molecular complexity index is 781. The molecule has 0 fully saturated rings. The predicted octanol–water partition coefficient (Wildman–Crippen LogP) is 5.22. The van der Waals surface area contributed by atoms with Crippen molar-refractivity contribution in [1.82, 2.24) is 10.6 Å². The fourth-order valence-corrected chi connectivity index (χ4v) is 3.81. The number of hydrogen-bond acceptors (Lipinski definition) is 2. The highest BCUT2D eigenvalue weighted by Crippen LogP contribution is 2.19. The Morgan fingerprint density at radius 2 is 0.906 bits per heavy atom. The lowest BCUT2D eigenvalue weighted by atomic mass is 9.96. The van der Waals surface area contributed by atoms with Gasteiger partial charge in [-0.3, -0.25) is 9.59 Å². The van der Waals surface area contributed by atoms with E-state index in [2.05, 4.69) is 62.6 Å². The number of rotatable bonds is 11. The third kappa shape index (κ3) is 8.14. The van der Waals surface area contributed by atoms with Crippen LogP contribution in [-0.2, 0) is 22.4 Å². The molecule has 2 aromatic carbocycles. The van der Waals surface area contributed by atoms with E-state index in [0.29, 0.717) is 24.9 Å². The molecule has 0 aliphatic carbocycles. The van der Waals surface area contributed by atoms with Crippen LogP contribution in [0.5, 0.6) is 0 Å². The Labute approximate surface area is 194 Å². The molecule has 0 radical (unpaired) electrons. The molecule has 2 rings (SSSR count). The van der Waals surface area contributed by atoms with Gasteiger partial charge in [0.05, 0.1) is 11.8 Å². The van der Waals surface area contributed by atoms with Crippen LogP contribution < -0.4 is 10.6 Å².